The third kappa shape index (κ3) is 1.96. The first kappa shape index (κ1) is 9.68. The summed E-state index contributed by atoms with van der Waals surface area (Å²) in [5.74, 6) is 0. The second-order valence-corrected chi connectivity index (χ2v) is 3.91. The molecule has 0 bridgehead atoms. The number of nitrogens with zero attached hydrogens (tertiary/aromatic N) is 2. The molecule has 1 aliphatic heterocycles. The molecular formula is C10H17N3O. The summed E-state index contributed by atoms with van der Waals surface area (Å²) in [6, 6.07) is 2.57. The summed E-state index contributed by atoms with van der Waals surface area (Å²) in [4.78, 5) is 0. The van der Waals surface area contributed by atoms with Gasteiger partial charge in [0.25, 0.3) is 0 Å². The zero-order chi connectivity index (χ0) is 9.97. The number of aryl methyl sites for hydroxylation is 1. The minimum atomic E-state index is 0.0710. The van der Waals surface area contributed by atoms with E-state index in [2.05, 4.69) is 10.4 Å². The van der Waals surface area contributed by atoms with Crippen molar-refractivity contribution in [2.45, 2.75) is 31.9 Å². The molecule has 1 aliphatic rings. The molecule has 4 heteroatoms. The van der Waals surface area contributed by atoms with Crippen LogP contribution in [0.2, 0.25) is 0 Å². The van der Waals surface area contributed by atoms with Gasteiger partial charge in [-0.3, -0.25) is 4.68 Å². The number of aliphatic hydroxyl groups is 1. The van der Waals surface area contributed by atoms with Crippen molar-refractivity contribution in [2.75, 3.05) is 6.54 Å². The van der Waals surface area contributed by atoms with Gasteiger partial charge in [0, 0.05) is 19.5 Å². The fourth-order valence-electron chi connectivity index (χ4n) is 2.00. The van der Waals surface area contributed by atoms with Gasteiger partial charge in [-0.1, -0.05) is 0 Å². The van der Waals surface area contributed by atoms with Gasteiger partial charge < -0.3 is 10.4 Å². The number of hydrogen-bond acceptors (Lipinski definition) is 3. The van der Waals surface area contributed by atoms with E-state index in [1.54, 1.807) is 4.68 Å². The number of nitrogens with one attached hydrogen (secondary N) is 1. The molecule has 2 rings (SSSR count). The average molecular weight is 195 g/mol. The van der Waals surface area contributed by atoms with E-state index in [0.717, 1.165) is 24.4 Å². The van der Waals surface area contributed by atoms with Crippen LogP contribution in [0.5, 0.6) is 0 Å². The normalized spacial score (nSPS) is 21.7. The van der Waals surface area contributed by atoms with Gasteiger partial charge in [-0.25, -0.2) is 0 Å². The topological polar surface area (TPSA) is 50.1 Å². The summed E-state index contributed by atoms with van der Waals surface area (Å²) in [5.41, 5.74) is 1.97. The summed E-state index contributed by atoms with van der Waals surface area (Å²) >= 11 is 0. The molecule has 1 atom stereocenters. The Balaban J connectivity index is 2.01. The Kier molecular flexibility index (Phi) is 2.84. The Morgan fingerprint density at radius 2 is 2.57 bits per heavy atom. The van der Waals surface area contributed by atoms with Crippen LogP contribution in [0.4, 0.5) is 0 Å². The minimum Gasteiger partial charge on any atom is -0.390 e. The van der Waals surface area contributed by atoms with Crippen LogP contribution in [0.15, 0.2) is 6.07 Å². The molecule has 0 aliphatic carbocycles. The maximum Gasteiger partial charge on any atom is 0.0849 e. The van der Waals surface area contributed by atoms with E-state index in [-0.39, 0.29) is 6.61 Å². The summed E-state index contributed by atoms with van der Waals surface area (Å²) in [6.07, 6.45) is 3.49. The molecule has 1 unspecified atom stereocenters. The third-order valence-corrected chi connectivity index (χ3v) is 2.81. The molecule has 1 fully saturated rings. The zero-order valence-electron chi connectivity index (χ0n) is 8.53. The molecule has 78 valence electrons. The molecule has 14 heavy (non-hydrogen) atoms. The second-order valence-electron chi connectivity index (χ2n) is 3.91. The first-order chi connectivity index (χ1) is 6.79. The van der Waals surface area contributed by atoms with E-state index in [1.807, 2.05) is 13.1 Å². The van der Waals surface area contributed by atoms with Crippen molar-refractivity contribution in [1.29, 1.82) is 0 Å². The standard InChI is InChI=1S/C10H17N3O/c1-13-10(7-14)6-9(12-13)5-8-3-2-4-11-8/h6,8,11,14H,2-5,7H2,1H3. The zero-order valence-corrected chi connectivity index (χ0v) is 8.53. The van der Waals surface area contributed by atoms with Crippen molar-refractivity contribution < 1.29 is 5.11 Å². The predicted molar refractivity (Wildman–Crippen MR) is 53.9 cm³/mol. The monoisotopic (exact) mass is 195 g/mol. The van der Waals surface area contributed by atoms with Crippen LogP contribution < -0.4 is 5.32 Å². The van der Waals surface area contributed by atoms with Gasteiger partial charge in [0.15, 0.2) is 0 Å². The molecule has 0 spiro atoms. The molecule has 2 N–H and O–H groups in total. The van der Waals surface area contributed by atoms with E-state index in [4.69, 9.17) is 5.11 Å². The smallest absolute Gasteiger partial charge is 0.0849 e. The Bertz CT molecular complexity index is 302. The van der Waals surface area contributed by atoms with Crippen LogP contribution >= 0.6 is 0 Å². The SMILES string of the molecule is Cn1nc(CC2CCCN2)cc1CO. The van der Waals surface area contributed by atoms with Crippen LogP contribution in [0.25, 0.3) is 0 Å². The Labute approximate surface area is 83.9 Å². The van der Waals surface area contributed by atoms with E-state index < -0.39 is 0 Å². The number of hydrogen-bond donors (Lipinski definition) is 2. The Hall–Kier alpha value is -0.870. The van der Waals surface area contributed by atoms with Crippen molar-refractivity contribution in [2.24, 2.45) is 7.05 Å². The van der Waals surface area contributed by atoms with Crippen molar-refractivity contribution in [1.82, 2.24) is 15.1 Å². The van der Waals surface area contributed by atoms with Gasteiger partial charge >= 0.3 is 0 Å². The highest BCUT2D eigenvalue weighted by Crippen LogP contribution is 2.12. The summed E-state index contributed by atoms with van der Waals surface area (Å²) in [5, 5.41) is 16.8. The maximum atomic E-state index is 9.02. The van der Waals surface area contributed by atoms with Crippen LogP contribution in [-0.2, 0) is 20.1 Å². The van der Waals surface area contributed by atoms with E-state index in [0.29, 0.717) is 6.04 Å². The summed E-state index contributed by atoms with van der Waals surface area (Å²) < 4.78 is 1.75. The predicted octanol–water partition coefficient (Wildman–Crippen LogP) is 0.207. The summed E-state index contributed by atoms with van der Waals surface area (Å²) in [7, 11) is 1.87. The van der Waals surface area contributed by atoms with Gasteiger partial charge in [0.2, 0.25) is 0 Å². The molecule has 0 radical (unpaired) electrons. The molecule has 1 saturated heterocycles. The maximum absolute atomic E-state index is 9.02. The van der Waals surface area contributed by atoms with Crippen LogP contribution in [0.1, 0.15) is 24.2 Å². The summed E-state index contributed by atoms with van der Waals surface area (Å²) in [6.45, 7) is 1.20. The highest BCUT2D eigenvalue weighted by molar-refractivity contribution is 5.11. The lowest BCUT2D eigenvalue weighted by atomic mass is 10.1. The first-order valence-corrected chi connectivity index (χ1v) is 5.15. The van der Waals surface area contributed by atoms with Crippen molar-refractivity contribution in [3.05, 3.63) is 17.5 Å². The van der Waals surface area contributed by atoms with Gasteiger partial charge in [-0.05, 0) is 25.5 Å². The Morgan fingerprint density at radius 3 is 3.14 bits per heavy atom. The molecular weight excluding hydrogens is 178 g/mol. The highest BCUT2D eigenvalue weighted by Gasteiger charge is 2.16. The van der Waals surface area contributed by atoms with Crippen molar-refractivity contribution >= 4 is 0 Å². The number of aromatic nitrogens is 2. The lowest BCUT2D eigenvalue weighted by molar-refractivity contribution is 0.270. The van der Waals surface area contributed by atoms with Crippen molar-refractivity contribution in [3.63, 3.8) is 0 Å². The minimum absolute atomic E-state index is 0.0710. The van der Waals surface area contributed by atoms with Crippen LogP contribution in [0.3, 0.4) is 0 Å². The lowest BCUT2D eigenvalue weighted by Crippen LogP contribution is -2.23. The van der Waals surface area contributed by atoms with E-state index in [1.165, 1.54) is 12.8 Å². The quantitative estimate of drug-likeness (QED) is 0.724. The van der Waals surface area contributed by atoms with E-state index >= 15 is 0 Å². The van der Waals surface area contributed by atoms with E-state index in [9.17, 15) is 0 Å². The van der Waals surface area contributed by atoms with Crippen LogP contribution in [0, 0.1) is 0 Å². The number of rotatable bonds is 3. The molecule has 0 saturated carbocycles. The van der Waals surface area contributed by atoms with Crippen molar-refractivity contribution in [3.8, 4) is 0 Å². The molecule has 0 amide bonds. The molecule has 0 aromatic carbocycles. The van der Waals surface area contributed by atoms with Gasteiger partial charge in [-0.15, -0.1) is 0 Å². The van der Waals surface area contributed by atoms with Gasteiger partial charge in [0.05, 0.1) is 18.0 Å². The first-order valence-electron chi connectivity index (χ1n) is 5.15. The highest BCUT2D eigenvalue weighted by atomic mass is 16.3. The second kappa shape index (κ2) is 4.11. The fourth-order valence-corrected chi connectivity index (χ4v) is 2.00. The Morgan fingerprint density at radius 1 is 1.71 bits per heavy atom. The average Bonchev–Trinajstić information content (AvgIpc) is 2.76. The molecule has 4 nitrogen and oxygen atoms in total. The fraction of sp³-hybridized carbons (Fsp3) is 0.700. The van der Waals surface area contributed by atoms with Gasteiger partial charge in [-0.2, -0.15) is 5.10 Å². The number of aliphatic hydroxyl groups excluding tert-OH is 1. The molecule has 1 aromatic heterocycles. The molecule has 2 heterocycles. The van der Waals surface area contributed by atoms with Gasteiger partial charge in [0.1, 0.15) is 0 Å². The third-order valence-electron chi connectivity index (χ3n) is 2.81. The van der Waals surface area contributed by atoms with Crippen LogP contribution in [-0.4, -0.2) is 27.5 Å². The lowest BCUT2D eigenvalue weighted by Gasteiger charge is -2.06. The molecule has 1 aromatic rings. The largest absolute Gasteiger partial charge is 0.390 e.